The summed E-state index contributed by atoms with van der Waals surface area (Å²) in [6, 6.07) is 19.1. The molecule has 32 heavy (non-hydrogen) atoms. The third-order valence-electron chi connectivity index (χ3n) is 4.91. The summed E-state index contributed by atoms with van der Waals surface area (Å²) in [6.07, 6.45) is 1.77. The topological polar surface area (TPSA) is 69.9 Å². The van der Waals surface area contributed by atoms with Crippen LogP contribution in [-0.4, -0.2) is 22.5 Å². The van der Waals surface area contributed by atoms with E-state index in [1.54, 1.807) is 52.9 Å². The van der Waals surface area contributed by atoms with Gasteiger partial charge in [0.25, 0.3) is 5.56 Å². The number of halogens is 1. The molecule has 0 saturated carbocycles. The number of methoxy groups -OCH3 is 1. The van der Waals surface area contributed by atoms with E-state index in [0.29, 0.717) is 25.8 Å². The summed E-state index contributed by atoms with van der Waals surface area (Å²) < 4.78 is 13.0. The molecule has 0 spiro atoms. The lowest BCUT2D eigenvalue weighted by Gasteiger charge is -2.10. The minimum Gasteiger partial charge on any atom is -0.493 e. The van der Waals surface area contributed by atoms with Gasteiger partial charge in [-0.3, -0.25) is 4.79 Å². The molecule has 0 aliphatic heterocycles. The van der Waals surface area contributed by atoms with E-state index in [1.165, 1.54) is 18.4 Å². The zero-order valence-electron chi connectivity index (χ0n) is 16.7. The van der Waals surface area contributed by atoms with E-state index in [0.717, 1.165) is 16.6 Å². The van der Waals surface area contributed by atoms with Crippen molar-refractivity contribution < 1.29 is 14.3 Å². The largest absolute Gasteiger partial charge is 0.493 e. The van der Waals surface area contributed by atoms with Gasteiger partial charge in [0.1, 0.15) is 0 Å². The number of esters is 1. The van der Waals surface area contributed by atoms with Crippen molar-refractivity contribution in [2.75, 3.05) is 7.11 Å². The average molecular weight is 463 g/mol. The molecule has 5 rings (SSSR count). The number of nitrogens with zero attached hydrogens (tertiary/aromatic N) is 2. The first-order valence-electron chi connectivity index (χ1n) is 9.61. The van der Waals surface area contributed by atoms with Gasteiger partial charge in [0.2, 0.25) is 0 Å². The normalized spacial score (nSPS) is 11.9. The third kappa shape index (κ3) is 3.62. The van der Waals surface area contributed by atoms with Crippen molar-refractivity contribution >= 4 is 51.0 Å². The lowest BCUT2D eigenvalue weighted by Crippen LogP contribution is -2.22. The van der Waals surface area contributed by atoms with Gasteiger partial charge < -0.3 is 9.47 Å². The number of fused-ring (bicyclic) bond motifs is 3. The number of aromatic nitrogens is 2. The lowest BCUT2D eigenvalue weighted by molar-refractivity contribution is 0.0729. The van der Waals surface area contributed by atoms with Crippen LogP contribution in [0.2, 0.25) is 5.02 Å². The Morgan fingerprint density at radius 1 is 1.06 bits per heavy atom. The highest BCUT2D eigenvalue weighted by Crippen LogP contribution is 2.29. The van der Waals surface area contributed by atoms with Crippen LogP contribution in [-0.2, 0) is 0 Å². The summed E-state index contributed by atoms with van der Waals surface area (Å²) in [7, 11) is 1.49. The number of ether oxygens (including phenoxy) is 2. The van der Waals surface area contributed by atoms with Crippen molar-refractivity contribution in [3.8, 4) is 11.5 Å². The molecule has 158 valence electrons. The number of hydrogen-bond donors (Lipinski definition) is 0. The van der Waals surface area contributed by atoms with Gasteiger partial charge in [-0.1, -0.05) is 41.1 Å². The molecule has 2 heterocycles. The van der Waals surface area contributed by atoms with Gasteiger partial charge in [-0.2, -0.15) is 0 Å². The second-order valence-corrected chi connectivity index (χ2v) is 8.39. The van der Waals surface area contributed by atoms with Crippen molar-refractivity contribution in [3.05, 3.63) is 97.8 Å². The Labute approximate surface area is 190 Å². The van der Waals surface area contributed by atoms with Gasteiger partial charge in [-0.05, 0) is 60.2 Å². The van der Waals surface area contributed by atoms with Crippen LogP contribution < -0.4 is 19.6 Å². The molecular formula is C24H15ClN2O4S. The van der Waals surface area contributed by atoms with Crippen molar-refractivity contribution in [2.24, 2.45) is 0 Å². The molecule has 6 nitrogen and oxygen atoms in total. The molecule has 0 bridgehead atoms. The minimum atomic E-state index is -0.523. The molecule has 0 N–H and O–H groups in total. The summed E-state index contributed by atoms with van der Waals surface area (Å²) in [5, 5.41) is 0.533. The smallest absolute Gasteiger partial charge is 0.343 e. The van der Waals surface area contributed by atoms with Crippen molar-refractivity contribution in [3.63, 3.8) is 0 Å². The SMILES string of the molecule is COc1cc(C=c2sc3nc4ccccc4n3c2=O)ccc1OC(=O)c1ccc(Cl)cc1. The standard InChI is InChI=1S/C24H15ClN2O4S/c1-30-20-12-14(6-11-19(20)31-23(29)15-7-9-16(25)10-8-15)13-21-22(28)27-18-5-3-2-4-17(18)26-24(27)32-21/h2-13H,1H3. The Morgan fingerprint density at radius 2 is 1.84 bits per heavy atom. The van der Waals surface area contributed by atoms with Gasteiger partial charge in [0.15, 0.2) is 16.5 Å². The highest BCUT2D eigenvalue weighted by Gasteiger charge is 2.14. The number of carbonyl (C=O) groups is 1. The molecule has 0 aliphatic carbocycles. The average Bonchev–Trinajstić information content (AvgIpc) is 3.31. The van der Waals surface area contributed by atoms with E-state index in [-0.39, 0.29) is 11.3 Å². The van der Waals surface area contributed by atoms with Crippen molar-refractivity contribution in [2.45, 2.75) is 0 Å². The summed E-state index contributed by atoms with van der Waals surface area (Å²) in [4.78, 5) is 30.5. The van der Waals surface area contributed by atoms with Gasteiger partial charge in [-0.15, -0.1) is 0 Å². The summed E-state index contributed by atoms with van der Waals surface area (Å²) in [6.45, 7) is 0. The van der Waals surface area contributed by atoms with E-state index in [9.17, 15) is 9.59 Å². The molecule has 0 aliphatic rings. The summed E-state index contributed by atoms with van der Waals surface area (Å²) in [5.74, 6) is 0.129. The predicted octanol–water partition coefficient (Wildman–Crippen LogP) is 4.34. The predicted molar refractivity (Wildman–Crippen MR) is 125 cm³/mol. The van der Waals surface area contributed by atoms with Crippen LogP contribution in [0.3, 0.4) is 0 Å². The number of thiazole rings is 1. The quantitative estimate of drug-likeness (QED) is 0.293. The van der Waals surface area contributed by atoms with Crippen LogP contribution >= 0.6 is 22.9 Å². The fraction of sp³-hybridized carbons (Fsp3) is 0.0417. The zero-order chi connectivity index (χ0) is 22.2. The molecule has 3 aromatic carbocycles. The number of hydrogen-bond acceptors (Lipinski definition) is 6. The molecular weight excluding hydrogens is 448 g/mol. The maximum Gasteiger partial charge on any atom is 0.343 e. The van der Waals surface area contributed by atoms with Gasteiger partial charge in [0, 0.05) is 5.02 Å². The van der Waals surface area contributed by atoms with Crippen LogP contribution in [0.4, 0.5) is 0 Å². The lowest BCUT2D eigenvalue weighted by atomic mass is 10.2. The van der Waals surface area contributed by atoms with E-state index in [1.807, 2.05) is 24.3 Å². The van der Waals surface area contributed by atoms with Gasteiger partial charge >= 0.3 is 5.97 Å². The maximum atomic E-state index is 12.9. The first-order chi connectivity index (χ1) is 15.5. The third-order valence-corrected chi connectivity index (χ3v) is 6.13. The summed E-state index contributed by atoms with van der Waals surface area (Å²) >= 11 is 7.18. The van der Waals surface area contributed by atoms with Gasteiger partial charge in [-0.25, -0.2) is 14.2 Å². The Kier molecular flexibility index (Phi) is 5.13. The second-order valence-electron chi connectivity index (χ2n) is 6.94. The van der Waals surface area contributed by atoms with Crippen molar-refractivity contribution in [1.82, 2.24) is 9.38 Å². The van der Waals surface area contributed by atoms with E-state index in [4.69, 9.17) is 21.1 Å². The number of benzene rings is 3. The molecule has 2 aromatic heterocycles. The maximum absolute atomic E-state index is 12.9. The van der Waals surface area contributed by atoms with E-state index < -0.39 is 5.97 Å². The molecule has 0 atom stereocenters. The van der Waals surface area contributed by atoms with Crippen LogP contribution in [0.25, 0.3) is 22.1 Å². The number of rotatable bonds is 4. The fourth-order valence-electron chi connectivity index (χ4n) is 3.37. The monoisotopic (exact) mass is 462 g/mol. The molecule has 5 aromatic rings. The number of imidazole rings is 1. The highest BCUT2D eigenvalue weighted by molar-refractivity contribution is 7.15. The number of para-hydroxylation sites is 2. The molecule has 0 radical (unpaired) electrons. The zero-order valence-corrected chi connectivity index (χ0v) is 18.3. The fourth-order valence-corrected chi connectivity index (χ4v) is 4.48. The minimum absolute atomic E-state index is 0.129. The Bertz CT molecular complexity index is 1590. The van der Waals surface area contributed by atoms with E-state index in [2.05, 4.69) is 4.98 Å². The highest BCUT2D eigenvalue weighted by atomic mass is 35.5. The Balaban J connectivity index is 1.49. The van der Waals surface area contributed by atoms with Crippen LogP contribution in [0, 0.1) is 0 Å². The number of carbonyl (C=O) groups excluding carboxylic acids is 1. The van der Waals surface area contributed by atoms with Crippen LogP contribution in [0.15, 0.2) is 71.5 Å². The molecule has 0 fully saturated rings. The van der Waals surface area contributed by atoms with Crippen LogP contribution in [0.1, 0.15) is 15.9 Å². The Morgan fingerprint density at radius 3 is 2.62 bits per heavy atom. The Hall–Kier alpha value is -3.68. The van der Waals surface area contributed by atoms with Crippen LogP contribution in [0.5, 0.6) is 11.5 Å². The van der Waals surface area contributed by atoms with E-state index >= 15 is 0 Å². The first-order valence-corrected chi connectivity index (χ1v) is 10.8. The molecule has 0 saturated heterocycles. The second kappa shape index (κ2) is 8.11. The first kappa shape index (κ1) is 20.2. The summed E-state index contributed by atoms with van der Waals surface area (Å²) in [5.41, 5.74) is 2.55. The van der Waals surface area contributed by atoms with Crippen molar-refractivity contribution in [1.29, 1.82) is 0 Å². The molecule has 0 unspecified atom stereocenters. The van der Waals surface area contributed by atoms with Gasteiger partial charge in [0.05, 0.1) is 28.2 Å². The molecule has 0 amide bonds. The molecule has 8 heteroatoms.